The fourth-order valence-corrected chi connectivity index (χ4v) is 3.88. The first kappa shape index (κ1) is 24.6. The van der Waals surface area contributed by atoms with Gasteiger partial charge in [0.25, 0.3) is 5.91 Å². The Labute approximate surface area is 197 Å². The molecule has 176 valence electrons. The Kier molecular flexibility index (Phi) is 7.45. The van der Waals surface area contributed by atoms with Gasteiger partial charge < -0.3 is 15.7 Å². The van der Waals surface area contributed by atoms with Crippen molar-refractivity contribution in [3.8, 4) is 11.1 Å². The van der Waals surface area contributed by atoms with Crippen molar-refractivity contribution < 1.29 is 29.6 Å². The summed E-state index contributed by atoms with van der Waals surface area (Å²) < 4.78 is 0. The molecule has 4 N–H and O–H groups in total. The predicted molar refractivity (Wildman–Crippen MR) is 130 cm³/mol. The van der Waals surface area contributed by atoms with Gasteiger partial charge >= 0.3 is 5.97 Å². The number of aryl methyl sites for hydroxylation is 2. The van der Waals surface area contributed by atoms with Gasteiger partial charge in [-0.2, -0.15) is 0 Å². The summed E-state index contributed by atoms with van der Waals surface area (Å²) >= 11 is 0. The van der Waals surface area contributed by atoms with E-state index in [4.69, 9.17) is 5.26 Å². The highest BCUT2D eigenvalue weighted by Crippen LogP contribution is 2.30. The minimum Gasteiger partial charge on any atom is -0.478 e. The number of hydrogen-bond acceptors (Lipinski definition) is 6. The summed E-state index contributed by atoms with van der Waals surface area (Å²) in [5.74, 6) is -2.38. The van der Waals surface area contributed by atoms with Crippen LogP contribution in [0.3, 0.4) is 0 Å². The molecule has 0 aromatic heterocycles. The molecule has 3 aromatic rings. The number of ketones is 1. The Morgan fingerprint density at radius 1 is 0.853 bits per heavy atom. The molecule has 3 aromatic carbocycles. The van der Waals surface area contributed by atoms with Crippen LogP contribution in [-0.4, -0.2) is 35.1 Å². The standard InChI is InChI=1S/C26H26N2O6/c1-14-9-18(27-4)5-7-20(14)21-8-6-19(10-15(21)2)28-25(30)23-12-22(16(3)29)24(26(31)32)11-17(23)13-34-33/h5-12,27,33H,13H2,1-4H3,(H,28,30)(H,31,32). The number of rotatable bonds is 8. The average Bonchev–Trinajstić information content (AvgIpc) is 2.79. The van der Waals surface area contributed by atoms with Gasteiger partial charge in [-0.15, -0.1) is 0 Å². The fourth-order valence-electron chi connectivity index (χ4n) is 3.88. The summed E-state index contributed by atoms with van der Waals surface area (Å²) in [5.41, 5.74) is 5.49. The number of carbonyl (C=O) groups is 3. The van der Waals surface area contributed by atoms with Crippen LogP contribution in [-0.2, 0) is 11.5 Å². The number of nitrogens with one attached hydrogen (secondary N) is 2. The Morgan fingerprint density at radius 2 is 1.44 bits per heavy atom. The first-order valence-corrected chi connectivity index (χ1v) is 10.5. The van der Waals surface area contributed by atoms with E-state index in [-0.39, 0.29) is 22.3 Å². The van der Waals surface area contributed by atoms with Gasteiger partial charge in [-0.25, -0.2) is 9.68 Å². The highest BCUT2D eigenvalue weighted by molar-refractivity contribution is 6.10. The van der Waals surface area contributed by atoms with Crippen molar-refractivity contribution >= 4 is 29.0 Å². The number of hydrogen-bond donors (Lipinski definition) is 4. The summed E-state index contributed by atoms with van der Waals surface area (Å²) in [4.78, 5) is 40.7. The van der Waals surface area contributed by atoms with Crippen molar-refractivity contribution in [2.24, 2.45) is 0 Å². The molecule has 0 saturated carbocycles. The Morgan fingerprint density at radius 3 is 1.94 bits per heavy atom. The molecule has 34 heavy (non-hydrogen) atoms. The quantitative estimate of drug-likeness (QED) is 0.207. The molecule has 0 fully saturated rings. The van der Waals surface area contributed by atoms with Crippen LogP contribution >= 0.6 is 0 Å². The third-order valence-electron chi connectivity index (χ3n) is 5.61. The van der Waals surface area contributed by atoms with Crippen LogP contribution in [0.5, 0.6) is 0 Å². The zero-order valence-electron chi connectivity index (χ0n) is 19.4. The van der Waals surface area contributed by atoms with Crippen molar-refractivity contribution in [3.05, 3.63) is 81.9 Å². The van der Waals surface area contributed by atoms with E-state index in [2.05, 4.69) is 21.6 Å². The van der Waals surface area contributed by atoms with E-state index in [0.29, 0.717) is 5.69 Å². The first-order chi connectivity index (χ1) is 16.2. The third-order valence-corrected chi connectivity index (χ3v) is 5.61. The van der Waals surface area contributed by atoms with Crippen molar-refractivity contribution in [2.75, 3.05) is 17.7 Å². The van der Waals surface area contributed by atoms with Crippen LogP contribution in [0.1, 0.15) is 54.7 Å². The van der Waals surface area contributed by atoms with Crippen molar-refractivity contribution in [2.45, 2.75) is 27.4 Å². The minimum absolute atomic E-state index is 0.0319. The normalized spacial score (nSPS) is 10.6. The van der Waals surface area contributed by atoms with E-state index < -0.39 is 24.3 Å². The van der Waals surface area contributed by atoms with E-state index in [1.807, 2.05) is 45.2 Å². The molecule has 0 saturated heterocycles. The number of carboxylic acid groups (broad SMARTS) is 1. The second-order valence-electron chi connectivity index (χ2n) is 7.95. The summed E-state index contributed by atoms with van der Waals surface area (Å²) in [6.45, 7) is 4.78. The van der Waals surface area contributed by atoms with Crippen LogP contribution in [0.15, 0.2) is 48.5 Å². The van der Waals surface area contributed by atoms with Gasteiger partial charge in [0.15, 0.2) is 5.78 Å². The van der Waals surface area contributed by atoms with Crippen LogP contribution in [0, 0.1) is 13.8 Å². The van der Waals surface area contributed by atoms with Gasteiger partial charge in [0, 0.05) is 29.5 Å². The van der Waals surface area contributed by atoms with Crippen LogP contribution in [0.4, 0.5) is 11.4 Å². The largest absolute Gasteiger partial charge is 0.478 e. The lowest BCUT2D eigenvalue weighted by Crippen LogP contribution is -2.18. The molecule has 0 unspecified atom stereocenters. The van der Waals surface area contributed by atoms with Gasteiger partial charge in [-0.05, 0) is 85.0 Å². The van der Waals surface area contributed by atoms with Crippen molar-refractivity contribution in [1.82, 2.24) is 0 Å². The summed E-state index contributed by atoms with van der Waals surface area (Å²) in [5, 5.41) is 24.2. The van der Waals surface area contributed by atoms with E-state index in [1.54, 1.807) is 6.07 Å². The van der Waals surface area contributed by atoms with Gasteiger partial charge in [-0.1, -0.05) is 12.1 Å². The molecule has 0 aliphatic heterocycles. The lowest BCUT2D eigenvalue weighted by Gasteiger charge is -2.15. The summed E-state index contributed by atoms with van der Waals surface area (Å²) in [7, 11) is 1.86. The van der Waals surface area contributed by atoms with Crippen LogP contribution < -0.4 is 10.6 Å². The number of amides is 1. The van der Waals surface area contributed by atoms with Gasteiger partial charge in [-0.3, -0.25) is 14.8 Å². The zero-order valence-corrected chi connectivity index (χ0v) is 19.4. The fraction of sp³-hybridized carbons (Fsp3) is 0.192. The molecule has 1 amide bonds. The molecule has 0 atom stereocenters. The van der Waals surface area contributed by atoms with Crippen LogP contribution in [0.25, 0.3) is 11.1 Å². The number of carboxylic acids is 1. The number of anilines is 2. The van der Waals surface area contributed by atoms with Gasteiger partial charge in [0.2, 0.25) is 0 Å². The summed E-state index contributed by atoms with van der Waals surface area (Å²) in [6.07, 6.45) is 0. The van der Waals surface area contributed by atoms with Gasteiger partial charge in [0.1, 0.15) is 6.61 Å². The number of benzene rings is 3. The van der Waals surface area contributed by atoms with Crippen LogP contribution in [0.2, 0.25) is 0 Å². The molecular formula is C26H26N2O6. The molecule has 0 spiro atoms. The Balaban J connectivity index is 1.95. The minimum atomic E-state index is -1.32. The lowest BCUT2D eigenvalue weighted by atomic mass is 9.95. The predicted octanol–water partition coefficient (Wildman–Crippen LogP) is 5.15. The highest BCUT2D eigenvalue weighted by Gasteiger charge is 2.21. The van der Waals surface area contributed by atoms with Crippen molar-refractivity contribution in [1.29, 1.82) is 0 Å². The monoisotopic (exact) mass is 462 g/mol. The highest BCUT2D eigenvalue weighted by atomic mass is 17.1. The zero-order chi connectivity index (χ0) is 25.0. The number of carbonyl (C=O) groups excluding carboxylic acids is 2. The smallest absolute Gasteiger partial charge is 0.336 e. The summed E-state index contributed by atoms with van der Waals surface area (Å²) in [6, 6.07) is 14.0. The third kappa shape index (κ3) is 5.14. The molecular weight excluding hydrogens is 436 g/mol. The van der Waals surface area contributed by atoms with Crippen molar-refractivity contribution in [3.63, 3.8) is 0 Å². The second kappa shape index (κ2) is 10.3. The molecule has 0 bridgehead atoms. The van der Waals surface area contributed by atoms with E-state index >= 15 is 0 Å². The Bertz CT molecular complexity index is 1280. The average molecular weight is 463 g/mol. The molecule has 0 heterocycles. The van der Waals surface area contributed by atoms with E-state index in [9.17, 15) is 19.5 Å². The van der Waals surface area contributed by atoms with Gasteiger partial charge in [0.05, 0.1) is 5.56 Å². The van der Waals surface area contributed by atoms with E-state index in [1.165, 1.54) is 13.0 Å². The maximum atomic E-state index is 13.0. The Hall–Kier alpha value is -4.01. The topological polar surface area (TPSA) is 125 Å². The maximum absolute atomic E-state index is 13.0. The lowest BCUT2D eigenvalue weighted by molar-refractivity contribution is -0.253. The number of Topliss-reactive ketones (excluding diaryl/α,β-unsaturated/α-hetero) is 1. The molecule has 8 nitrogen and oxygen atoms in total. The van der Waals surface area contributed by atoms with E-state index in [0.717, 1.165) is 34.0 Å². The molecule has 0 radical (unpaired) electrons. The second-order valence-corrected chi connectivity index (χ2v) is 7.95. The molecule has 0 aliphatic carbocycles. The number of aromatic carboxylic acids is 1. The molecule has 8 heteroatoms. The first-order valence-electron chi connectivity index (χ1n) is 10.5. The maximum Gasteiger partial charge on any atom is 0.336 e. The molecule has 3 rings (SSSR count). The SMILES string of the molecule is CNc1ccc(-c2ccc(NC(=O)c3cc(C(C)=O)c(C(=O)O)cc3COO)cc2C)c(C)c1. The molecule has 0 aliphatic rings.